The standard InChI is InChI=1S/C12H17NO4S/c1-2-11(13)12(14)17-8-9-18(15,16)10-6-4-3-5-7-10/h3-7,11H,2,8-9,13H2,1H3/p+1. The van der Waals surface area contributed by atoms with Crippen molar-refractivity contribution in [2.75, 3.05) is 12.4 Å². The van der Waals surface area contributed by atoms with Crippen molar-refractivity contribution in [3.05, 3.63) is 30.3 Å². The van der Waals surface area contributed by atoms with Crippen molar-refractivity contribution < 1.29 is 23.7 Å². The van der Waals surface area contributed by atoms with E-state index >= 15 is 0 Å². The number of hydrogen-bond acceptors (Lipinski definition) is 4. The van der Waals surface area contributed by atoms with E-state index < -0.39 is 21.8 Å². The first-order valence-corrected chi connectivity index (χ1v) is 7.40. The fourth-order valence-electron chi connectivity index (χ4n) is 1.28. The zero-order valence-electron chi connectivity index (χ0n) is 10.3. The van der Waals surface area contributed by atoms with Gasteiger partial charge in [0.25, 0.3) is 0 Å². The molecule has 18 heavy (non-hydrogen) atoms. The van der Waals surface area contributed by atoms with Gasteiger partial charge in [0.2, 0.25) is 0 Å². The number of quaternary nitrogens is 1. The highest BCUT2D eigenvalue weighted by atomic mass is 32.2. The maximum absolute atomic E-state index is 11.8. The van der Waals surface area contributed by atoms with Gasteiger partial charge in [-0.15, -0.1) is 0 Å². The molecule has 0 aliphatic heterocycles. The minimum atomic E-state index is -3.39. The SMILES string of the molecule is CCC([NH3+])C(=O)OCCS(=O)(=O)c1ccccc1. The predicted octanol–water partition coefficient (Wildman–Crippen LogP) is 0.0240. The van der Waals surface area contributed by atoms with Crippen molar-refractivity contribution >= 4 is 15.8 Å². The Balaban J connectivity index is 2.52. The summed E-state index contributed by atoms with van der Waals surface area (Å²) in [6.07, 6.45) is 0.574. The van der Waals surface area contributed by atoms with Gasteiger partial charge in [0.15, 0.2) is 15.9 Å². The molecule has 0 fully saturated rings. The highest BCUT2D eigenvalue weighted by molar-refractivity contribution is 7.91. The van der Waals surface area contributed by atoms with Crippen LogP contribution in [0.25, 0.3) is 0 Å². The fraction of sp³-hybridized carbons (Fsp3) is 0.417. The third kappa shape index (κ3) is 4.12. The molecule has 0 aromatic heterocycles. The molecule has 0 heterocycles. The van der Waals surface area contributed by atoms with E-state index in [9.17, 15) is 13.2 Å². The first-order chi connectivity index (χ1) is 8.47. The number of rotatable bonds is 6. The minimum absolute atomic E-state index is 0.137. The molecular formula is C12H18NO4S+. The minimum Gasteiger partial charge on any atom is -0.460 e. The lowest BCUT2D eigenvalue weighted by molar-refractivity contribution is -0.408. The number of esters is 1. The summed E-state index contributed by atoms with van der Waals surface area (Å²) in [6.45, 7) is 1.68. The van der Waals surface area contributed by atoms with Gasteiger partial charge in [-0.25, -0.2) is 13.2 Å². The number of ether oxygens (including phenoxy) is 1. The quantitative estimate of drug-likeness (QED) is 0.740. The van der Waals surface area contributed by atoms with Gasteiger partial charge in [-0.3, -0.25) is 0 Å². The molecule has 1 rings (SSSR count). The topological polar surface area (TPSA) is 88.1 Å². The first kappa shape index (κ1) is 14.7. The van der Waals surface area contributed by atoms with Crippen LogP contribution in [0.3, 0.4) is 0 Å². The Hall–Kier alpha value is -1.40. The number of carbonyl (C=O) groups excluding carboxylic acids is 1. The molecule has 0 aliphatic carbocycles. The summed E-state index contributed by atoms with van der Waals surface area (Å²) >= 11 is 0. The van der Waals surface area contributed by atoms with Crippen molar-refractivity contribution in [3.8, 4) is 0 Å². The predicted molar refractivity (Wildman–Crippen MR) is 66.4 cm³/mol. The normalized spacial score (nSPS) is 13.0. The van der Waals surface area contributed by atoms with Gasteiger partial charge >= 0.3 is 5.97 Å². The summed E-state index contributed by atoms with van der Waals surface area (Å²) in [5, 5.41) is 0. The molecule has 1 aromatic carbocycles. The van der Waals surface area contributed by atoms with Gasteiger partial charge in [-0.1, -0.05) is 25.1 Å². The van der Waals surface area contributed by atoms with Gasteiger partial charge in [-0.2, -0.15) is 0 Å². The van der Waals surface area contributed by atoms with Crippen LogP contribution in [-0.4, -0.2) is 32.8 Å². The molecule has 0 radical (unpaired) electrons. The molecular weight excluding hydrogens is 254 g/mol. The zero-order chi connectivity index (χ0) is 13.6. The summed E-state index contributed by atoms with van der Waals surface area (Å²) < 4.78 is 28.6. The van der Waals surface area contributed by atoms with E-state index in [0.717, 1.165) is 0 Å². The summed E-state index contributed by atoms with van der Waals surface area (Å²) in [5.74, 6) is -0.667. The highest BCUT2D eigenvalue weighted by Gasteiger charge is 2.19. The molecule has 6 heteroatoms. The number of sulfone groups is 1. The van der Waals surface area contributed by atoms with E-state index in [4.69, 9.17) is 4.74 Å². The van der Waals surface area contributed by atoms with E-state index in [1.165, 1.54) is 12.1 Å². The van der Waals surface area contributed by atoms with Crippen molar-refractivity contribution in [1.82, 2.24) is 0 Å². The lowest BCUT2D eigenvalue weighted by atomic mass is 10.2. The van der Waals surface area contributed by atoms with Gasteiger partial charge in [0, 0.05) is 6.42 Å². The Labute approximate surface area is 107 Å². The van der Waals surface area contributed by atoms with Crippen LogP contribution >= 0.6 is 0 Å². The largest absolute Gasteiger partial charge is 0.460 e. The van der Waals surface area contributed by atoms with Crippen molar-refractivity contribution in [3.63, 3.8) is 0 Å². The van der Waals surface area contributed by atoms with Crippen LogP contribution in [-0.2, 0) is 19.4 Å². The van der Waals surface area contributed by atoms with Gasteiger partial charge < -0.3 is 10.5 Å². The molecule has 100 valence electrons. The van der Waals surface area contributed by atoms with Crippen LogP contribution in [0.2, 0.25) is 0 Å². The second-order valence-corrected chi connectivity index (χ2v) is 6.01. The van der Waals surface area contributed by atoms with Gasteiger partial charge in [0.1, 0.15) is 6.61 Å². The monoisotopic (exact) mass is 272 g/mol. The fourth-order valence-corrected chi connectivity index (χ4v) is 2.39. The highest BCUT2D eigenvalue weighted by Crippen LogP contribution is 2.09. The van der Waals surface area contributed by atoms with Crippen LogP contribution in [0.4, 0.5) is 0 Å². The Kier molecular flexibility index (Phi) is 5.30. The van der Waals surface area contributed by atoms with Crippen LogP contribution in [0.5, 0.6) is 0 Å². The van der Waals surface area contributed by atoms with E-state index in [1.54, 1.807) is 18.2 Å². The number of carbonyl (C=O) groups is 1. The third-order valence-corrected chi connectivity index (χ3v) is 4.22. The molecule has 1 atom stereocenters. The molecule has 3 N–H and O–H groups in total. The van der Waals surface area contributed by atoms with Crippen LogP contribution in [0.1, 0.15) is 13.3 Å². The Morgan fingerprint density at radius 1 is 1.33 bits per heavy atom. The Morgan fingerprint density at radius 2 is 1.94 bits per heavy atom. The van der Waals surface area contributed by atoms with Gasteiger partial charge in [-0.05, 0) is 12.1 Å². The summed E-state index contributed by atoms with van der Waals surface area (Å²) in [6, 6.07) is 7.66. The van der Waals surface area contributed by atoms with E-state index in [-0.39, 0.29) is 17.3 Å². The second-order valence-electron chi connectivity index (χ2n) is 3.90. The smallest absolute Gasteiger partial charge is 0.364 e. The van der Waals surface area contributed by atoms with E-state index in [1.807, 2.05) is 6.92 Å². The van der Waals surface area contributed by atoms with Crippen LogP contribution < -0.4 is 5.73 Å². The molecule has 5 nitrogen and oxygen atoms in total. The summed E-state index contributed by atoms with van der Waals surface area (Å²) in [7, 11) is -3.39. The maximum Gasteiger partial charge on any atom is 0.364 e. The molecule has 0 aliphatic rings. The zero-order valence-corrected chi connectivity index (χ0v) is 11.2. The van der Waals surface area contributed by atoms with Crippen molar-refractivity contribution in [1.29, 1.82) is 0 Å². The molecule has 0 amide bonds. The lowest BCUT2D eigenvalue weighted by Crippen LogP contribution is -2.65. The molecule has 0 saturated carbocycles. The Bertz CT molecular complexity index is 484. The second kappa shape index (κ2) is 6.51. The van der Waals surface area contributed by atoms with E-state index in [0.29, 0.717) is 6.42 Å². The molecule has 0 spiro atoms. The molecule has 0 bridgehead atoms. The van der Waals surface area contributed by atoms with Crippen LogP contribution in [0, 0.1) is 0 Å². The average Bonchev–Trinajstić information content (AvgIpc) is 2.38. The molecule has 1 unspecified atom stereocenters. The molecule has 1 aromatic rings. The van der Waals surface area contributed by atoms with Crippen LogP contribution in [0.15, 0.2) is 35.2 Å². The number of hydrogen-bond donors (Lipinski definition) is 1. The lowest BCUT2D eigenvalue weighted by Gasteiger charge is -2.07. The van der Waals surface area contributed by atoms with Gasteiger partial charge in [0.05, 0.1) is 10.6 Å². The van der Waals surface area contributed by atoms with Crippen molar-refractivity contribution in [2.45, 2.75) is 24.3 Å². The molecule has 0 saturated heterocycles. The first-order valence-electron chi connectivity index (χ1n) is 5.75. The summed E-state index contributed by atoms with van der Waals surface area (Å²) in [5.41, 5.74) is 3.61. The summed E-state index contributed by atoms with van der Waals surface area (Å²) in [4.78, 5) is 11.6. The van der Waals surface area contributed by atoms with Crippen molar-refractivity contribution in [2.24, 2.45) is 0 Å². The Morgan fingerprint density at radius 3 is 2.50 bits per heavy atom. The number of benzene rings is 1. The van der Waals surface area contributed by atoms with E-state index in [2.05, 4.69) is 5.73 Å². The third-order valence-electron chi connectivity index (χ3n) is 2.52. The average molecular weight is 272 g/mol. The maximum atomic E-state index is 11.8.